The second-order valence-electron chi connectivity index (χ2n) is 3.58. The van der Waals surface area contributed by atoms with Gasteiger partial charge in [-0.25, -0.2) is 4.98 Å². The smallest absolute Gasteiger partial charge is 0.265 e. The fourth-order valence-corrected chi connectivity index (χ4v) is 1.40. The number of ether oxygens (including phenoxy) is 1. The average molecular weight is 237 g/mol. The average Bonchev–Trinajstić information content (AvgIpc) is 2.29. The minimum absolute atomic E-state index is 0.00457. The fraction of sp³-hybridized carbons (Fsp3) is 0.333. The third-order valence-corrected chi connectivity index (χ3v) is 2.31. The molecule has 1 aromatic rings. The number of carbonyl (C=O) groups is 2. The molecule has 0 radical (unpaired) electrons. The Morgan fingerprint density at radius 1 is 1.65 bits per heavy atom. The quantitative estimate of drug-likeness (QED) is 0.578. The number of aromatic nitrogens is 2. The molecule has 1 aliphatic rings. The summed E-state index contributed by atoms with van der Waals surface area (Å²) < 4.78 is 5.31. The fourth-order valence-electron chi connectivity index (χ4n) is 1.40. The zero-order valence-electron chi connectivity index (χ0n) is 8.79. The molecule has 1 aromatic heterocycles. The molecule has 8 nitrogen and oxygen atoms in total. The number of nitrogens with zero attached hydrogens (tertiary/aromatic N) is 2. The number of amides is 2. The maximum absolute atomic E-state index is 11.6. The highest BCUT2D eigenvalue weighted by Gasteiger charge is 2.31. The first-order valence-corrected chi connectivity index (χ1v) is 4.90. The van der Waals surface area contributed by atoms with Gasteiger partial charge in [-0.05, 0) is 0 Å². The van der Waals surface area contributed by atoms with E-state index < -0.39 is 24.0 Å². The van der Waals surface area contributed by atoms with E-state index >= 15 is 0 Å². The Hall–Kier alpha value is -2.22. The highest BCUT2D eigenvalue weighted by Crippen LogP contribution is 2.26. The molecule has 2 amide bonds. The van der Waals surface area contributed by atoms with Crippen LogP contribution >= 0.6 is 0 Å². The van der Waals surface area contributed by atoms with Crippen molar-refractivity contribution in [1.29, 1.82) is 0 Å². The Kier molecular flexibility index (Phi) is 2.88. The first kappa shape index (κ1) is 11.3. The lowest BCUT2D eigenvalue weighted by Gasteiger charge is -2.25. The van der Waals surface area contributed by atoms with Crippen molar-refractivity contribution in [2.75, 3.05) is 5.32 Å². The van der Waals surface area contributed by atoms with Gasteiger partial charge in [0.05, 0.1) is 12.2 Å². The van der Waals surface area contributed by atoms with Crippen LogP contribution in [0.25, 0.3) is 0 Å². The first-order chi connectivity index (χ1) is 8.08. The largest absolute Gasteiger partial charge is 0.463 e. The van der Waals surface area contributed by atoms with E-state index in [2.05, 4.69) is 15.3 Å². The highest BCUT2D eigenvalue weighted by molar-refractivity contribution is 5.97. The number of primary amides is 1. The number of anilines is 1. The summed E-state index contributed by atoms with van der Waals surface area (Å²) in [5.41, 5.74) is 10.9. The molecule has 0 bridgehead atoms. The SMILES string of the molecule is NC(=O)[C@@H](N)CC1Oc2ncncc2NC1=O. The number of rotatable bonds is 3. The lowest BCUT2D eigenvalue weighted by atomic mass is 10.1. The van der Waals surface area contributed by atoms with Gasteiger partial charge in [-0.15, -0.1) is 0 Å². The van der Waals surface area contributed by atoms with E-state index in [1.807, 2.05) is 0 Å². The maximum Gasteiger partial charge on any atom is 0.265 e. The number of fused-ring (bicyclic) bond motifs is 1. The second-order valence-corrected chi connectivity index (χ2v) is 3.58. The standard InChI is InChI=1S/C9H11N5O3/c10-4(7(11)15)1-6-8(16)14-5-2-12-3-13-9(5)17-6/h2-4,6H,1,10H2,(H2,11,15)(H,14,16)/t4-,6?/m0/s1. The number of hydrogen-bond donors (Lipinski definition) is 3. The molecule has 2 rings (SSSR count). The lowest BCUT2D eigenvalue weighted by molar-refractivity contribution is -0.125. The van der Waals surface area contributed by atoms with Crippen LogP contribution in [0.5, 0.6) is 5.88 Å². The van der Waals surface area contributed by atoms with Crippen LogP contribution in [0.4, 0.5) is 5.69 Å². The van der Waals surface area contributed by atoms with Crippen molar-refractivity contribution >= 4 is 17.5 Å². The molecule has 0 fully saturated rings. The van der Waals surface area contributed by atoms with Gasteiger partial charge in [-0.2, -0.15) is 4.98 Å². The van der Waals surface area contributed by atoms with Gasteiger partial charge in [0.15, 0.2) is 6.10 Å². The van der Waals surface area contributed by atoms with Gasteiger partial charge in [-0.3, -0.25) is 9.59 Å². The summed E-state index contributed by atoms with van der Waals surface area (Å²) in [6.45, 7) is 0. The summed E-state index contributed by atoms with van der Waals surface area (Å²) in [4.78, 5) is 30.0. The third kappa shape index (κ3) is 2.31. The van der Waals surface area contributed by atoms with Crippen molar-refractivity contribution < 1.29 is 14.3 Å². The second kappa shape index (κ2) is 4.34. The van der Waals surface area contributed by atoms with Gasteiger partial charge in [0.1, 0.15) is 12.0 Å². The molecule has 0 saturated heterocycles. The molecule has 1 unspecified atom stereocenters. The Morgan fingerprint density at radius 3 is 3.12 bits per heavy atom. The summed E-state index contributed by atoms with van der Waals surface area (Å²) in [5.74, 6) is -0.833. The molecule has 0 aromatic carbocycles. The van der Waals surface area contributed by atoms with Crippen LogP contribution in [-0.4, -0.2) is 33.9 Å². The molecule has 17 heavy (non-hydrogen) atoms. The number of nitrogens with two attached hydrogens (primary N) is 2. The normalized spacial score (nSPS) is 19.8. The molecule has 2 heterocycles. The third-order valence-electron chi connectivity index (χ3n) is 2.31. The monoisotopic (exact) mass is 237 g/mol. The topological polar surface area (TPSA) is 133 Å². The van der Waals surface area contributed by atoms with E-state index in [9.17, 15) is 9.59 Å². The minimum atomic E-state index is -0.936. The van der Waals surface area contributed by atoms with Crippen LogP contribution < -0.4 is 21.5 Å². The van der Waals surface area contributed by atoms with E-state index in [0.717, 1.165) is 0 Å². The molecule has 0 spiro atoms. The van der Waals surface area contributed by atoms with E-state index in [4.69, 9.17) is 16.2 Å². The van der Waals surface area contributed by atoms with Gasteiger partial charge in [0, 0.05) is 6.42 Å². The van der Waals surface area contributed by atoms with E-state index in [-0.39, 0.29) is 12.3 Å². The molecule has 1 aliphatic heterocycles. The van der Waals surface area contributed by atoms with Crippen molar-refractivity contribution in [3.63, 3.8) is 0 Å². The van der Waals surface area contributed by atoms with Crippen molar-refractivity contribution in [3.8, 4) is 5.88 Å². The van der Waals surface area contributed by atoms with E-state index in [1.54, 1.807) is 0 Å². The molecule has 90 valence electrons. The Balaban J connectivity index is 2.12. The Labute approximate surface area is 96.4 Å². The summed E-state index contributed by atoms with van der Waals surface area (Å²) in [6, 6.07) is -0.936. The van der Waals surface area contributed by atoms with Crippen LogP contribution in [0.2, 0.25) is 0 Å². The van der Waals surface area contributed by atoms with Crippen LogP contribution in [0.1, 0.15) is 6.42 Å². The van der Waals surface area contributed by atoms with Crippen molar-refractivity contribution in [2.45, 2.75) is 18.6 Å². The number of hydrogen-bond acceptors (Lipinski definition) is 6. The highest BCUT2D eigenvalue weighted by atomic mass is 16.5. The van der Waals surface area contributed by atoms with Gasteiger partial charge >= 0.3 is 0 Å². The molecule has 5 N–H and O–H groups in total. The summed E-state index contributed by atoms with van der Waals surface area (Å²) in [7, 11) is 0. The first-order valence-electron chi connectivity index (χ1n) is 4.90. The predicted octanol–water partition coefficient (Wildman–Crippen LogP) is -1.62. The Morgan fingerprint density at radius 2 is 2.41 bits per heavy atom. The van der Waals surface area contributed by atoms with Crippen LogP contribution in [0.3, 0.4) is 0 Å². The molecule has 2 atom stereocenters. The summed E-state index contributed by atoms with van der Waals surface area (Å²) in [5, 5.41) is 2.56. The van der Waals surface area contributed by atoms with Crippen molar-refractivity contribution in [2.24, 2.45) is 11.5 Å². The van der Waals surface area contributed by atoms with Crippen molar-refractivity contribution in [3.05, 3.63) is 12.5 Å². The van der Waals surface area contributed by atoms with E-state index in [1.165, 1.54) is 12.5 Å². The zero-order chi connectivity index (χ0) is 12.4. The van der Waals surface area contributed by atoms with Crippen LogP contribution in [-0.2, 0) is 9.59 Å². The Bertz CT molecular complexity index is 464. The minimum Gasteiger partial charge on any atom is -0.463 e. The van der Waals surface area contributed by atoms with Crippen LogP contribution in [0, 0.1) is 0 Å². The molecule has 0 aliphatic carbocycles. The number of carbonyl (C=O) groups excluding carboxylic acids is 2. The van der Waals surface area contributed by atoms with Gasteiger partial charge in [-0.1, -0.05) is 0 Å². The summed E-state index contributed by atoms with van der Waals surface area (Å²) in [6.07, 6.45) is 1.84. The zero-order valence-corrected chi connectivity index (χ0v) is 8.79. The lowest BCUT2D eigenvalue weighted by Crippen LogP contribution is -2.46. The van der Waals surface area contributed by atoms with Gasteiger partial charge in [0.25, 0.3) is 5.91 Å². The molecule has 8 heteroatoms. The molecular formula is C9H11N5O3. The van der Waals surface area contributed by atoms with Crippen LogP contribution in [0.15, 0.2) is 12.5 Å². The molecule has 0 saturated carbocycles. The maximum atomic E-state index is 11.6. The molecular weight excluding hydrogens is 226 g/mol. The van der Waals surface area contributed by atoms with Gasteiger partial charge in [0.2, 0.25) is 11.8 Å². The van der Waals surface area contributed by atoms with Crippen molar-refractivity contribution in [1.82, 2.24) is 9.97 Å². The predicted molar refractivity (Wildman–Crippen MR) is 56.9 cm³/mol. The van der Waals surface area contributed by atoms with Gasteiger partial charge < -0.3 is 21.5 Å². The van der Waals surface area contributed by atoms with E-state index in [0.29, 0.717) is 5.69 Å². The summed E-state index contributed by atoms with van der Waals surface area (Å²) >= 11 is 0. The number of nitrogens with one attached hydrogen (secondary N) is 1.